The molecule has 0 spiro atoms. The number of carbonyl (C=O) groups is 2. The van der Waals surface area contributed by atoms with E-state index in [1.165, 1.54) is 12.1 Å². The van der Waals surface area contributed by atoms with Gasteiger partial charge in [-0.3, -0.25) is 10.1 Å². The second kappa shape index (κ2) is 5.96. The molecule has 1 unspecified atom stereocenters. The molecule has 0 aliphatic carbocycles. The summed E-state index contributed by atoms with van der Waals surface area (Å²) in [4.78, 5) is 27.0. The third-order valence-corrected chi connectivity index (χ3v) is 3.74. The molecule has 1 aromatic heterocycles. The van der Waals surface area contributed by atoms with Gasteiger partial charge in [0.2, 0.25) is 0 Å². The fourth-order valence-corrected chi connectivity index (χ4v) is 2.54. The van der Waals surface area contributed by atoms with E-state index in [9.17, 15) is 22.8 Å². The minimum absolute atomic E-state index is 0.00570. The van der Waals surface area contributed by atoms with Gasteiger partial charge in [-0.25, -0.2) is 9.78 Å². The zero-order valence-corrected chi connectivity index (χ0v) is 12.9. The number of hydrogen-bond donors (Lipinski definition) is 2. The number of hydrogen-bond acceptors (Lipinski definition) is 5. The highest BCUT2D eigenvalue weighted by atomic mass is 35.5. The van der Waals surface area contributed by atoms with Crippen molar-refractivity contribution in [3.8, 4) is 0 Å². The topological polar surface area (TPSA) is 93.5 Å². The number of fused-ring (bicyclic) bond motifs is 1. The lowest BCUT2D eigenvalue weighted by atomic mass is 9.89. The van der Waals surface area contributed by atoms with E-state index in [0.717, 1.165) is 18.5 Å². The molecule has 0 saturated carbocycles. The highest BCUT2D eigenvalue weighted by Gasteiger charge is 2.62. The molecular weight excluding hydrogens is 367 g/mol. The number of ether oxygens (including phenoxy) is 1. The number of halogens is 4. The number of alkyl halides is 3. The highest BCUT2D eigenvalue weighted by molar-refractivity contribution is 6.30. The van der Waals surface area contributed by atoms with Crippen LogP contribution in [0.1, 0.15) is 16.2 Å². The number of oxazole rings is 1. The number of benzene rings is 1. The molecule has 2 aromatic rings. The summed E-state index contributed by atoms with van der Waals surface area (Å²) >= 11 is 5.79. The van der Waals surface area contributed by atoms with E-state index in [1.54, 1.807) is 0 Å². The molecule has 2 N–H and O–H groups in total. The van der Waals surface area contributed by atoms with Crippen molar-refractivity contribution in [2.75, 3.05) is 11.9 Å². The van der Waals surface area contributed by atoms with Crippen LogP contribution in [0.4, 0.5) is 23.7 Å². The number of carbonyl (C=O) groups excluding carboxylic acids is 2. The normalized spacial score (nSPS) is 19.6. The third-order valence-electron chi connectivity index (χ3n) is 3.50. The summed E-state index contributed by atoms with van der Waals surface area (Å²) in [5, 5.41) is 4.19. The Morgan fingerprint density at radius 3 is 2.80 bits per heavy atom. The van der Waals surface area contributed by atoms with Crippen LogP contribution in [-0.4, -0.2) is 29.7 Å². The summed E-state index contributed by atoms with van der Waals surface area (Å²) in [6.07, 6.45) is -4.09. The third kappa shape index (κ3) is 3.00. The molecule has 7 nitrogen and oxygen atoms in total. The Bertz CT molecular complexity index is 825. The minimum Gasteiger partial charge on any atom is -0.441 e. The van der Waals surface area contributed by atoms with Crippen LogP contribution < -0.4 is 10.6 Å². The maximum absolute atomic E-state index is 13.8. The number of nitrogens with zero attached hydrogens (tertiary/aromatic N) is 1. The maximum atomic E-state index is 13.8. The van der Waals surface area contributed by atoms with Gasteiger partial charge in [0.05, 0.1) is 18.4 Å². The van der Waals surface area contributed by atoms with Gasteiger partial charge in [0.25, 0.3) is 11.5 Å². The lowest BCUT2D eigenvalue weighted by Gasteiger charge is -2.39. The van der Waals surface area contributed by atoms with Gasteiger partial charge in [-0.2, -0.15) is 13.2 Å². The van der Waals surface area contributed by atoms with Gasteiger partial charge >= 0.3 is 18.2 Å². The van der Waals surface area contributed by atoms with Crippen LogP contribution >= 0.6 is 11.6 Å². The van der Waals surface area contributed by atoms with E-state index in [4.69, 9.17) is 16.0 Å². The summed E-state index contributed by atoms with van der Waals surface area (Å²) in [5.41, 5.74) is -3.67. The first-order valence-electron chi connectivity index (χ1n) is 6.77. The van der Waals surface area contributed by atoms with Crippen LogP contribution in [0.2, 0.25) is 5.02 Å². The Hall–Kier alpha value is -2.75. The largest absolute Gasteiger partial charge is 0.441 e. The first-order chi connectivity index (χ1) is 11.7. The number of nitrogens with one attached hydrogen (secondary N) is 2. The first-order valence-corrected chi connectivity index (χ1v) is 7.15. The molecule has 1 aliphatic heterocycles. The quantitative estimate of drug-likeness (QED) is 0.860. The molecule has 1 atom stereocenters. The van der Waals surface area contributed by atoms with Crippen LogP contribution in [0, 0.1) is 0 Å². The molecule has 0 fully saturated rings. The number of rotatable bonds is 3. The Morgan fingerprint density at radius 2 is 2.16 bits per heavy atom. The summed E-state index contributed by atoms with van der Waals surface area (Å²) in [5.74, 6) is -1.42. The van der Waals surface area contributed by atoms with Crippen LogP contribution in [0.25, 0.3) is 0 Å². The van der Waals surface area contributed by atoms with Gasteiger partial charge in [0.1, 0.15) is 6.26 Å². The zero-order valence-electron chi connectivity index (χ0n) is 12.2. The van der Waals surface area contributed by atoms with Crippen molar-refractivity contribution < 1.29 is 31.9 Å². The van der Waals surface area contributed by atoms with Crippen molar-refractivity contribution in [1.29, 1.82) is 0 Å². The van der Waals surface area contributed by atoms with E-state index in [-0.39, 0.29) is 10.7 Å². The van der Waals surface area contributed by atoms with E-state index in [0.29, 0.717) is 0 Å². The predicted molar refractivity (Wildman–Crippen MR) is 78.1 cm³/mol. The molecule has 132 valence electrons. The molecule has 1 aromatic carbocycles. The van der Waals surface area contributed by atoms with Gasteiger partial charge in [-0.1, -0.05) is 11.6 Å². The summed E-state index contributed by atoms with van der Waals surface area (Å²) in [6, 6.07) is 3.55. The van der Waals surface area contributed by atoms with E-state index < -0.39 is 41.8 Å². The van der Waals surface area contributed by atoms with Crippen molar-refractivity contribution in [3.05, 3.63) is 47.1 Å². The van der Waals surface area contributed by atoms with E-state index in [1.807, 2.05) is 5.32 Å². The van der Waals surface area contributed by atoms with Gasteiger partial charge < -0.3 is 14.5 Å². The number of amides is 2. The lowest BCUT2D eigenvalue weighted by molar-refractivity contribution is -0.261. The van der Waals surface area contributed by atoms with Crippen molar-refractivity contribution in [3.63, 3.8) is 0 Å². The Balaban J connectivity index is 2.01. The molecule has 25 heavy (non-hydrogen) atoms. The Kier molecular flexibility index (Phi) is 4.07. The molecule has 2 amide bonds. The summed E-state index contributed by atoms with van der Waals surface area (Å²) < 4.78 is 50.8. The predicted octanol–water partition coefficient (Wildman–Crippen LogP) is 3.08. The van der Waals surface area contributed by atoms with Gasteiger partial charge in [0, 0.05) is 10.6 Å². The van der Waals surface area contributed by atoms with Crippen LogP contribution in [0.3, 0.4) is 0 Å². The van der Waals surface area contributed by atoms with Crippen LogP contribution in [-0.2, 0) is 10.3 Å². The van der Waals surface area contributed by atoms with Crippen molar-refractivity contribution in [1.82, 2.24) is 10.3 Å². The van der Waals surface area contributed by atoms with E-state index >= 15 is 0 Å². The van der Waals surface area contributed by atoms with E-state index in [2.05, 4.69) is 15.0 Å². The Labute approximate surface area is 143 Å². The zero-order chi connectivity index (χ0) is 18.2. The summed E-state index contributed by atoms with van der Waals surface area (Å²) in [6.45, 7) is -1.08. The fourth-order valence-electron chi connectivity index (χ4n) is 2.37. The second-order valence-electron chi connectivity index (χ2n) is 5.05. The molecule has 3 rings (SSSR count). The van der Waals surface area contributed by atoms with Crippen molar-refractivity contribution >= 4 is 29.3 Å². The molecule has 0 bridgehead atoms. The molecule has 0 saturated heterocycles. The van der Waals surface area contributed by atoms with Crippen LogP contribution in [0.5, 0.6) is 0 Å². The smallest absolute Gasteiger partial charge is 0.434 e. The van der Waals surface area contributed by atoms with Crippen molar-refractivity contribution in [2.45, 2.75) is 11.8 Å². The molecule has 11 heteroatoms. The fraction of sp³-hybridized carbons (Fsp3) is 0.214. The maximum Gasteiger partial charge on any atom is 0.434 e. The second-order valence-corrected chi connectivity index (χ2v) is 5.49. The number of cyclic esters (lactones) is 1. The molecule has 1 aliphatic rings. The van der Waals surface area contributed by atoms with Crippen LogP contribution in [0.15, 0.2) is 35.1 Å². The lowest BCUT2D eigenvalue weighted by Crippen LogP contribution is -2.56. The van der Waals surface area contributed by atoms with Gasteiger partial charge in [0.15, 0.2) is 0 Å². The Morgan fingerprint density at radius 1 is 1.40 bits per heavy atom. The van der Waals surface area contributed by atoms with Gasteiger partial charge in [-0.15, -0.1) is 0 Å². The monoisotopic (exact) mass is 375 g/mol. The SMILES string of the molecule is O=C1Nc2ccc(Cl)cc2C(CNC(=O)c2ncco2)(C(F)(F)F)O1. The molecular formula is C14H9ClF3N3O4. The average Bonchev–Trinajstić information content (AvgIpc) is 3.06. The average molecular weight is 376 g/mol. The molecule has 2 heterocycles. The standard InChI is InChI=1S/C14H9ClF3N3O4/c15-7-1-2-9-8(5-7)13(14(16,17)18,25-12(23)21-9)6-20-10(22)11-19-3-4-24-11/h1-5H,6H2,(H,20,22)(H,21,23). The van der Waals surface area contributed by atoms with Gasteiger partial charge in [-0.05, 0) is 18.2 Å². The minimum atomic E-state index is -5.03. The number of aromatic nitrogens is 1. The molecule has 0 radical (unpaired) electrons. The first kappa shape index (κ1) is 17.1. The number of anilines is 1. The van der Waals surface area contributed by atoms with Crippen molar-refractivity contribution in [2.24, 2.45) is 0 Å². The summed E-state index contributed by atoms with van der Waals surface area (Å²) in [7, 11) is 0. The highest BCUT2D eigenvalue weighted by Crippen LogP contribution is 2.47.